The molecule has 9 aromatic carbocycles. The Bertz CT molecular complexity index is 4560. The second-order valence-electron chi connectivity index (χ2n) is 33.1. The summed E-state index contributed by atoms with van der Waals surface area (Å²) in [6, 6.07) is 34.1. The lowest BCUT2D eigenvalue weighted by Gasteiger charge is -2.36. The summed E-state index contributed by atoms with van der Waals surface area (Å²) < 4.78 is 51.3. The Morgan fingerprint density at radius 2 is 0.616 bits per heavy atom. The van der Waals surface area contributed by atoms with Gasteiger partial charge in [-0.2, -0.15) is 0 Å². The molecule has 9 aromatic rings. The second kappa shape index (κ2) is 33.5. The Morgan fingerprint density at radius 1 is 0.366 bits per heavy atom. The normalized spacial score (nSPS) is 13.8. The van der Waals surface area contributed by atoms with Crippen LogP contribution in [-0.2, 0) is 59.8 Å². The summed E-state index contributed by atoms with van der Waals surface area (Å²) in [4.78, 5) is 122. The minimum atomic E-state index is -1.35. The number of benzene rings is 9. The number of imide groups is 2. The number of hydrogen-bond acceptors (Lipinski definition) is 16. The molecule has 2 atom stereocenters. The van der Waals surface area contributed by atoms with Gasteiger partial charge in [-0.3, -0.25) is 38.6 Å². The molecule has 6 amide bonds. The van der Waals surface area contributed by atoms with Crippen LogP contribution >= 0.6 is 0 Å². The van der Waals surface area contributed by atoms with Crippen molar-refractivity contribution >= 4 is 90.5 Å². The zero-order valence-electron chi connectivity index (χ0n) is 67.4. The third-order valence-corrected chi connectivity index (χ3v) is 20.4. The van der Waals surface area contributed by atoms with Gasteiger partial charge in [-0.15, -0.1) is 0 Å². The highest BCUT2D eigenvalue weighted by atomic mass is 16.6. The fourth-order valence-corrected chi connectivity index (χ4v) is 14.1. The Hall–Kier alpha value is -11.0. The zero-order chi connectivity index (χ0) is 81.1. The van der Waals surface area contributed by atoms with Crippen LogP contribution in [-0.4, -0.2) is 122 Å². The average molecular weight is 1520 g/mol. The molecule has 0 saturated heterocycles. The maximum absolute atomic E-state index is 16.4. The van der Waals surface area contributed by atoms with Gasteiger partial charge in [0.05, 0.1) is 48.7 Å². The number of carbonyl (C=O) groups excluding carboxylic acids is 8. The molecule has 588 valence electrons. The molecule has 11 rings (SSSR count). The molecule has 0 aliphatic carbocycles. The molecule has 2 unspecified atom stereocenters. The Labute approximate surface area is 655 Å². The molecule has 2 N–H and O–H groups in total. The van der Waals surface area contributed by atoms with Crippen LogP contribution in [0.25, 0.3) is 43.1 Å². The largest absolute Gasteiger partial charge is 0.460 e. The van der Waals surface area contributed by atoms with Crippen LogP contribution < -0.4 is 29.6 Å². The highest BCUT2D eigenvalue weighted by molar-refractivity contribution is 6.45. The van der Waals surface area contributed by atoms with Crippen LogP contribution in [0.3, 0.4) is 0 Å². The SMILES string of the molecule is C=C(C)C(=O)OCCOCCNC(=O)C(CCCC)N1C(=O)c2cc(Oc3ccc(C(C)(C)C)cc3)c3c4c(Oc5ccc(C(C)(C)C)cc5)cc5c6c(cc(Oc7ccc(C(C)(C)C)cc7)c(c7c(Oc8ccc(C(C)(C)C)cc8)cc(c2c37)C1=O)c64)C(=O)N(C(CCCC)C(=O)NCCOCCOC(=O)C(=C)C)C5=O. The van der Waals surface area contributed by atoms with Gasteiger partial charge in [0, 0.05) is 67.3 Å². The molecular weight excluding hydrogens is 1420 g/mol. The van der Waals surface area contributed by atoms with Crippen LogP contribution in [0.2, 0.25) is 0 Å². The number of nitrogens with zero attached hydrogens (tertiary/aromatic N) is 2. The van der Waals surface area contributed by atoms with E-state index in [-0.39, 0.29) is 187 Å². The molecule has 0 radical (unpaired) electrons. The van der Waals surface area contributed by atoms with Crippen molar-refractivity contribution in [1.82, 2.24) is 20.4 Å². The number of amides is 6. The lowest BCUT2D eigenvalue weighted by atomic mass is 9.80. The van der Waals surface area contributed by atoms with E-state index in [4.69, 9.17) is 37.9 Å². The van der Waals surface area contributed by atoms with Crippen molar-refractivity contribution < 1.29 is 76.3 Å². The van der Waals surface area contributed by atoms with E-state index in [1.54, 1.807) is 38.1 Å². The van der Waals surface area contributed by atoms with Crippen LogP contribution in [0.5, 0.6) is 46.0 Å². The molecule has 0 saturated carbocycles. The van der Waals surface area contributed by atoms with Crippen molar-refractivity contribution in [3.05, 3.63) is 190 Å². The first kappa shape index (κ1) is 82.0. The molecule has 0 spiro atoms. The zero-order valence-corrected chi connectivity index (χ0v) is 67.4. The fraction of sp³-hybridized carbons (Fsp3) is 0.391. The third kappa shape index (κ3) is 17.5. The Kier molecular flexibility index (Phi) is 24.6. The maximum Gasteiger partial charge on any atom is 0.333 e. The molecule has 20 nitrogen and oxygen atoms in total. The molecule has 112 heavy (non-hydrogen) atoms. The first-order chi connectivity index (χ1) is 53.0. The molecule has 2 aliphatic rings. The Morgan fingerprint density at radius 3 is 0.839 bits per heavy atom. The number of ether oxygens (including phenoxy) is 8. The van der Waals surface area contributed by atoms with Gasteiger partial charge in [0.2, 0.25) is 11.8 Å². The first-order valence-electron chi connectivity index (χ1n) is 38.6. The van der Waals surface area contributed by atoms with Gasteiger partial charge in [-0.05, 0) is 143 Å². The lowest BCUT2D eigenvalue weighted by Crippen LogP contribution is -2.54. The summed E-state index contributed by atoms with van der Waals surface area (Å²) in [5.74, 6) is -3.82. The van der Waals surface area contributed by atoms with Crippen molar-refractivity contribution in [3.63, 3.8) is 0 Å². The van der Waals surface area contributed by atoms with E-state index in [1.165, 1.54) is 0 Å². The molecule has 0 bridgehead atoms. The van der Waals surface area contributed by atoms with E-state index in [2.05, 4.69) is 107 Å². The molecular formula is C92H104N4O16. The standard InChI is InChI=1S/C92H104N4O16/c1-19-21-23-67(81(97)93-41-43-105-45-47-107-87(103)53(3)4)95-83(99)63-49-69(109-59-33-25-55(26-34-59)89(7,8)9)75-77-71(111-61-37-29-57(30-38-61)91(13,14)15)51-65-74-66(86(102)96(85(65)101)68(24-22-20-2)82(98)94-42-44-106-46-48-108-88(104)54(5)6)52-72(112-62-39-31-58(32-40-62)92(16,17)18)78(80(74)77)76-70(50-64(84(95)100)73(63)79(75)76)110-60-35-27-56(28-36-60)90(10,11)12/h25-40,49-52,67-68H,3,5,19-24,41-48H2,1-2,4,6-18H3,(H,93,97)(H,94,98). The summed E-state index contributed by atoms with van der Waals surface area (Å²) in [5.41, 5.74) is 3.37. The minimum Gasteiger partial charge on any atom is -0.460 e. The Balaban J connectivity index is 1.24. The van der Waals surface area contributed by atoms with Crippen LogP contribution in [0, 0.1) is 0 Å². The van der Waals surface area contributed by atoms with E-state index < -0.39 is 59.5 Å². The van der Waals surface area contributed by atoms with E-state index in [1.807, 2.05) is 111 Å². The number of esters is 2. The quantitative estimate of drug-likeness (QED) is 0.00994. The van der Waals surface area contributed by atoms with E-state index >= 15 is 19.2 Å². The van der Waals surface area contributed by atoms with Crippen molar-refractivity contribution in [2.45, 2.75) is 183 Å². The van der Waals surface area contributed by atoms with Gasteiger partial charge in [0.1, 0.15) is 71.3 Å². The number of hydrogen-bond donors (Lipinski definition) is 2. The van der Waals surface area contributed by atoms with E-state index in [0.29, 0.717) is 48.7 Å². The number of fused-ring (bicyclic) bond motifs is 2. The monoisotopic (exact) mass is 1520 g/mol. The summed E-state index contributed by atoms with van der Waals surface area (Å²) >= 11 is 0. The van der Waals surface area contributed by atoms with Gasteiger partial charge in [-0.1, -0.05) is 184 Å². The summed E-state index contributed by atoms with van der Waals surface area (Å²) in [7, 11) is 0. The topological polar surface area (TPSA) is 241 Å². The van der Waals surface area contributed by atoms with E-state index in [9.17, 15) is 19.2 Å². The number of rotatable bonds is 32. The lowest BCUT2D eigenvalue weighted by molar-refractivity contribution is -0.141. The number of unbranched alkanes of at least 4 members (excludes halogenated alkanes) is 2. The van der Waals surface area contributed by atoms with Gasteiger partial charge < -0.3 is 48.5 Å². The fourth-order valence-electron chi connectivity index (χ4n) is 14.1. The average Bonchev–Trinajstić information content (AvgIpc) is 0.670. The van der Waals surface area contributed by atoms with Crippen molar-refractivity contribution in [2.75, 3.05) is 52.7 Å². The predicted molar refractivity (Wildman–Crippen MR) is 435 cm³/mol. The number of carbonyl (C=O) groups is 8. The second-order valence-corrected chi connectivity index (χ2v) is 33.1. The van der Waals surface area contributed by atoms with Gasteiger partial charge in [0.25, 0.3) is 23.6 Å². The minimum absolute atomic E-state index is 0.00140. The van der Waals surface area contributed by atoms with Crippen LogP contribution in [0.1, 0.15) is 213 Å². The smallest absolute Gasteiger partial charge is 0.333 e. The van der Waals surface area contributed by atoms with Gasteiger partial charge in [-0.25, -0.2) is 9.59 Å². The van der Waals surface area contributed by atoms with Crippen LogP contribution in [0.15, 0.2) is 146 Å². The van der Waals surface area contributed by atoms with Crippen molar-refractivity contribution in [2.24, 2.45) is 0 Å². The van der Waals surface area contributed by atoms with Crippen molar-refractivity contribution in [1.29, 1.82) is 0 Å². The van der Waals surface area contributed by atoms with Gasteiger partial charge >= 0.3 is 11.9 Å². The predicted octanol–water partition coefficient (Wildman–Crippen LogP) is 18.9. The molecule has 20 heteroatoms. The first-order valence-corrected chi connectivity index (χ1v) is 38.6. The van der Waals surface area contributed by atoms with Crippen LogP contribution in [0.4, 0.5) is 0 Å². The summed E-state index contributed by atoms with van der Waals surface area (Å²) in [6.45, 7) is 39.4. The molecule has 0 aromatic heterocycles. The molecule has 2 aliphatic heterocycles. The summed E-state index contributed by atoms with van der Waals surface area (Å²) in [5, 5.41) is 7.87. The summed E-state index contributed by atoms with van der Waals surface area (Å²) in [6.07, 6.45) is 2.26. The van der Waals surface area contributed by atoms with Gasteiger partial charge in [0.15, 0.2) is 0 Å². The third-order valence-electron chi connectivity index (χ3n) is 20.4. The molecule has 0 fully saturated rings. The van der Waals surface area contributed by atoms with E-state index in [0.717, 1.165) is 32.1 Å². The highest BCUT2D eigenvalue weighted by Gasteiger charge is 2.46. The number of nitrogens with one attached hydrogen (secondary N) is 2. The molecule has 2 heterocycles. The maximum atomic E-state index is 16.4. The van der Waals surface area contributed by atoms with Crippen molar-refractivity contribution in [3.8, 4) is 46.0 Å². The highest BCUT2D eigenvalue weighted by Crippen LogP contribution is 2.58.